The maximum atomic E-state index is 11.7. The van der Waals surface area contributed by atoms with Crippen molar-refractivity contribution >= 4 is 46.3 Å². The number of hydrogen-bond donors (Lipinski definition) is 1. The topological polar surface area (TPSA) is 73.9 Å². The molecule has 1 aromatic rings. The van der Waals surface area contributed by atoms with E-state index in [1.165, 1.54) is 18.9 Å². The smallest absolute Gasteiger partial charge is 0.344 e. The lowest BCUT2D eigenvalue weighted by molar-refractivity contribution is -0.145. The van der Waals surface area contributed by atoms with Gasteiger partial charge in [-0.15, -0.1) is 0 Å². The van der Waals surface area contributed by atoms with Crippen LogP contribution in [0.3, 0.4) is 0 Å². The number of benzene rings is 1. The van der Waals surface area contributed by atoms with E-state index in [9.17, 15) is 9.59 Å². The molecule has 0 aromatic heterocycles. The number of carbonyl (C=O) groups is 2. The molecule has 1 amide bonds. The summed E-state index contributed by atoms with van der Waals surface area (Å²) in [6, 6.07) is 5.13. The average molecular weight is 353 g/mol. The zero-order valence-corrected chi connectivity index (χ0v) is 14.2. The molecule has 1 heterocycles. The van der Waals surface area contributed by atoms with Crippen molar-refractivity contribution in [2.75, 3.05) is 20.3 Å². The molecule has 0 radical (unpaired) electrons. The Morgan fingerprint density at radius 1 is 1.39 bits per heavy atom. The zero-order valence-electron chi connectivity index (χ0n) is 12.6. The number of nitrogens with one attached hydrogen (secondary N) is 1. The highest BCUT2D eigenvalue weighted by atomic mass is 32.2. The Hall–Kier alpha value is -2.06. The van der Waals surface area contributed by atoms with E-state index in [0.717, 1.165) is 5.56 Å². The third-order valence-electron chi connectivity index (χ3n) is 2.78. The van der Waals surface area contributed by atoms with Gasteiger partial charge >= 0.3 is 5.97 Å². The van der Waals surface area contributed by atoms with Crippen LogP contribution in [0.15, 0.2) is 23.1 Å². The molecule has 6 nitrogen and oxygen atoms in total. The Morgan fingerprint density at radius 3 is 2.78 bits per heavy atom. The number of esters is 1. The molecule has 1 N–H and O–H groups in total. The molecule has 1 saturated heterocycles. The predicted molar refractivity (Wildman–Crippen MR) is 91.4 cm³/mol. The Bertz CT molecular complexity index is 672. The summed E-state index contributed by atoms with van der Waals surface area (Å²) in [4.78, 5) is 23.5. The van der Waals surface area contributed by atoms with Crippen molar-refractivity contribution in [3.05, 3.63) is 28.7 Å². The van der Waals surface area contributed by atoms with Gasteiger partial charge in [-0.1, -0.05) is 30.0 Å². The third kappa shape index (κ3) is 4.70. The van der Waals surface area contributed by atoms with Gasteiger partial charge in [-0.2, -0.15) is 0 Å². The first kappa shape index (κ1) is 17.3. The molecule has 0 unspecified atom stereocenters. The Labute approximate surface area is 143 Å². The van der Waals surface area contributed by atoms with Gasteiger partial charge in [0.2, 0.25) is 0 Å². The summed E-state index contributed by atoms with van der Waals surface area (Å²) in [7, 11) is 1.50. The standard InChI is InChI=1S/C15H15NO5S2/c1-3-20-13(17)8-21-10-5-4-9(6-11(10)19-2)7-12-14(18)16-15(22)23-12/h4-7H,3,8H2,1-2H3,(H,16,18,22)/b12-7-. The lowest BCUT2D eigenvalue weighted by Gasteiger charge is -2.11. The van der Waals surface area contributed by atoms with Crippen LogP contribution < -0.4 is 14.8 Å². The van der Waals surface area contributed by atoms with Crippen LogP contribution in [0.4, 0.5) is 0 Å². The van der Waals surface area contributed by atoms with Gasteiger partial charge in [-0.05, 0) is 30.7 Å². The first-order valence-electron chi connectivity index (χ1n) is 6.74. The Balaban J connectivity index is 2.13. The Kier molecular flexibility index (Phi) is 6.00. The van der Waals surface area contributed by atoms with Crippen molar-refractivity contribution in [1.29, 1.82) is 0 Å². The van der Waals surface area contributed by atoms with E-state index in [0.29, 0.717) is 27.3 Å². The van der Waals surface area contributed by atoms with E-state index in [2.05, 4.69) is 5.32 Å². The average Bonchev–Trinajstić information content (AvgIpc) is 2.83. The molecule has 0 saturated carbocycles. The van der Waals surface area contributed by atoms with Crippen LogP contribution >= 0.6 is 24.0 Å². The summed E-state index contributed by atoms with van der Waals surface area (Å²) in [5.74, 6) is 0.200. The molecule has 1 aliphatic rings. The highest BCUT2D eigenvalue weighted by Gasteiger charge is 2.22. The number of ether oxygens (including phenoxy) is 3. The lowest BCUT2D eigenvalue weighted by Crippen LogP contribution is -2.17. The van der Waals surface area contributed by atoms with Gasteiger partial charge in [0, 0.05) is 0 Å². The fourth-order valence-corrected chi connectivity index (χ4v) is 2.85. The summed E-state index contributed by atoms with van der Waals surface area (Å²) < 4.78 is 15.9. The number of thioether (sulfide) groups is 1. The van der Waals surface area contributed by atoms with Crippen LogP contribution in [-0.4, -0.2) is 36.5 Å². The van der Waals surface area contributed by atoms with E-state index in [4.69, 9.17) is 26.4 Å². The largest absolute Gasteiger partial charge is 0.493 e. The van der Waals surface area contributed by atoms with Gasteiger partial charge in [0.25, 0.3) is 5.91 Å². The Morgan fingerprint density at radius 2 is 2.17 bits per heavy atom. The molecule has 23 heavy (non-hydrogen) atoms. The second-order valence-corrected chi connectivity index (χ2v) is 6.08. The minimum Gasteiger partial charge on any atom is -0.493 e. The number of hydrogen-bond acceptors (Lipinski definition) is 7. The van der Waals surface area contributed by atoms with Gasteiger partial charge in [-0.25, -0.2) is 4.79 Å². The van der Waals surface area contributed by atoms with Gasteiger partial charge in [-0.3, -0.25) is 4.79 Å². The van der Waals surface area contributed by atoms with Crippen LogP contribution in [0.1, 0.15) is 12.5 Å². The maximum Gasteiger partial charge on any atom is 0.344 e. The van der Waals surface area contributed by atoms with Crippen molar-refractivity contribution < 1.29 is 23.8 Å². The number of amides is 1. The molecular formula is C15H15NO5S2. The number of carbonyl (C=O) groups excluding carboxylic acids is 2. The van der Waals surface area contributed by atoms with E-state index in [1.807, 2.05) is 0 Å². The van der Waals surface area contributed by atoms with Gasteiger partial charge < -0.3 is 19.5 Å². The molecular weight excluding hydrogens is 338 g/mol. The maximum absolute atomic E-state index is 11.7. The van der Waals surface area contributed by atoms with Crippen LogP contribution in [-0.2, 0) is 14.3 Å². The fourth-order valence-electron chi connectivity index (χ4n) is 1.80. The SMILES string of the molecule is CCOC(=O)COc1ccc(/C=C2\SC(=S)NC2=O)cc1OC. The molecule has 122 valence electrons. The minimum absolute atomic E-state index is 0.197. The summed E-state index contributed by atoms with van der Waals surface area (Å²) in [5.41, 5.74) is 0.757. The lowest BCUT2D eigenvalue weighted by atomic mass is 10.2. The molecule has 0 atom stereocenters. The normalized spacial score (nSPS) is 15.5. The molecule has 0 aliphatic carbocycles. The first-order chi connectivity index (χ1) is 11.0. The monoisotopic (exact) mass is 353 g/mol. The van der Waals surface area contributed by atoms with E-state index < -0.39 is 5.97 Å². The van der Waals surface area contributed by atoms with Crippen molar-refractivity contribution in [3.63, 3.8) is 0 Å². The van der Waals surface area contributed by atoms with Crippen LogP contribution in [0.2, 0.25) is 0 Å². The van der Waals surface area contributed by atoms with Gasteiger partial charge in [0.15, 0.2) is 18.1 Å². The molecule has 1 aliphatic heterocycles. The number of rotatable bonds is 6. The number of methoxy groups -OCH3 is 1. The van der Waals surface area contributed by atoms with Crippen molar-refractivity contribution in [2.24, 2.45) is 0 Å². The molecule has 1 aromatic carbocycles. The predicted octanol–water partition coefficient (Wildman–Crippen LogP) is 2.13. The molecule has 8 heteroatoms. The molecule has 1 fully saturated rings. The van der Waals surface area contributed by atoms with Crippen LogP contribution in [0, 0.1) is 0 Å². The highest BCUT2D eigenvalue weighted by molar-refractivity contribution is 8.26. The van der Waals surface area contributed by atoms with Gasteiger partial charge in [0.05, 0.1) is 18.6 Å². The molecule has 2 rings (SSSR count). The number of thiocarbonyl (C=S) groups is 1. The zero-order chi connectivity index (χ0) is 16.8. The first-order valence-corrected chi connectivity index (χ1v) is 7.97. The molecule has 0 bridgehead atoms. The van der Waals surface area contributed by atoms with E-state index in [-0.39, 0.29) is 12.5 Å². The second-order valence-electron chi connectivity index (χ2n) is 4.36. The van der Waals surface area contributed by atoms with Crippen molar-refractivity contribution in [1.82, 2.24) is 5.32 Å². The molecule has 0 spiro atoms. The van der Waals surface area contributed by atoms with Crippen molar-refractivity contribution in [2.45, 2.75) is 6.92 Å². The second kappa shape index (κ2) is 7.98. The fraction of sp³-hybridized carbons (Fsp3) is 0.267. The summed E-state index contributed by atoms with van der Waals surface area (Å²) >= 11 is 6.15. The van der Waals surface area contributed by atoms with Crippen LogP contribution in [0.5, 0.6) is 11.5 Å². The summed E-state index contributed by atoms with van der Waals surface area (Å²) in [6.45, 7) is 1.83. The highest BCUT2D eigenvalue weighted by Crippen LogP contribution is 2.31. The van der Waals surface area contributed by atoms with Gasteiger partial charge in [0.1, 0.15) is 4.32 Å². The van der Waals surface area contributed by atoms with Crippen LogP contribution in [0.25, 0.3) is 6.08 Å². The van der Waals surface area contributed by atoms with E-state index in [1.54, 1.807) is 31.2 Å². The summed E-state index contributed by atoms with van der Waals surface area (Å²) in [5, 5.41) is 2.55. The minimum atomic E-state index is -0.451. The summed E-state index contributed by atoms with van der Waals surface area (Å²) in [6.07, 6.45) is 1.71. The third-order valence-corrected chi connectivity index (χ3v) is 3.94. The quantitative estimate of drug-likeness (QED) is 0.477. The van der Waals surface area contributed by atoms with E-state index >= 15 is 0 Å². The van der Waals surface area contributed by atoms with Crippen molar-refractivity contribution in [3.8, 4) is 11.5 Å².